The molecule has 0 radical (unpaired) electrons. The van der Waals surface area contributed by atoms with Crippen molar-refractivity contribution in [1.29, 1.82) is 0 Å². The molecule has 1 saturated carbocycles. The molecule has 1 aromatic carbocycles. The minimum Gasteiger partial charge on any atom is -0.355 e. The maximum atomic E-state index is 12.8. The molecule has 2 amide bonds. The van der Waals surface area contributed by atoms with E-state index < -0.39 is 11.2 Å². The van der Waals surface area contributed by atoms with Crippen molar-refractivity contribution in [3.63, 3.8) is 0 Å². The van der Waals surface area contributed by atoms with Crippen molar-refractivity contribution in [1.82, 2.24) is 20.2 Å². The van der Waals surface area contributed by atoms with E-state index in [1.807, 2.05) is 17.0 Å². The molecule has 2 aromatic rings. The Morgan fingerprint density at radius 3 is 2.39 bits per heavy atom. The Hall–Kier alpha value is -3.16. The number of nitrogens with one attached hydrogen (secondary N) is 3. The highest BCUT2D eigenvalue weighted by molar-refractivity contribution is 5.93. The van der Waals surface area contributed by atoms with Gasteiger partial charge in [0, 0.05) is 42.9 Å². The van der Waals surface area contributed by atoms with E-state index in [1.54, 1.807) is 26.1 Å². The first-order valence-corrected chi connectivity index (χ1v) is 9.31. The molecule has 1 aliphatic rings. The molecule has 1 fully saturated rings. The number of benzene rings is 1. The second kappa shape index (κ2) is 8.24. The molecular weight excluding hydrogens is 360 g/mol. The van der Waals surface area contributed by atoms with Gasteiger partial charge in [-0.3, -0.25) is 19.4 Å². The van der Waals surface area contributed by atoms with Crippen LogP contribution in [0.3, 0.4) is 0 Å². The van der Waals surface area contributed by atoms with Crippen molar-refractivity contribution in [2.45, 2.75) is 45.2 Å². The third-order valence-corrected chi connectivity index (χ3v) is 4.95. The third-order valence-electron chi connectivity index (χ3n) is 4.95. The zero-order chi connectivity index (χ0) is 20.3. The number of carbonyl (C=O) groups is 2. The minimum atomic E-state index is -0.544. The highest BCUT2D eigenvalue weighted by atomic mass is 16.2. The molecule has 1 heterocycles. The predicted octanol–water partition coefficient (Wildman–Crippen LogP) is 0.855. The fourth-order valence-corrected chi connectivity index (χ4v) is 3.21. The average Bonchev–Trinajstić information content (AvgIpc) is 3.50. The van der Waals surface area contributed by atoms with Crippen molar-refractivity contribution in [2.24, 2.45) is 0 Å². The molecule has 148 valence electrons. The molecule has 1 aliphatic carbocycles. The molecule has 3 N–H and O–H groups in total. The van der Waals surface area contributed by atoms with Crippen molar-refractivity contribution in [3.8, 4) is 0 Å². The van der Waals surface area contributed by atoms with Gasteiger partial charge in [0.15, 0.2) is 0 Å². The fourth-order valence-electron chi connectivity index (χ4n) is 3.21. The zero-order valence-corrected chi connectivity index (χ0v) is 16.0. The summed E-state index contributed by atoms with van der Waals surface area (Å²) in [5.41, 5.74) is 1.45. The highest BCUT2D eigenvalue weighted by Crippen LogP contribution is 2.29. The van der Waals surface area contributed by atoms with Crippen LogP contribution in [-0.2, 0) is 17.8 Å². The number of hydrogen-bond acceptors (Lipinski definition) is 4. The predicted molar refractivity (Wildman–Crippen MR) is 104 cm³/mol. The van der Waals surface area contributed by atoms with Crippen LogP contribution < -0.4 is 16.6 Å². The lowest BCUT2D eigenvalue weighted by atomic mass is 10.1. The molecule has 0 atom stereocenters. The fraction of sp³-hybridized carbons (Fsp3) is 0.400. The van der Waals surface area contributed by atoms with Crippen LogP contribution in [0, 0.1) is 6.92 Å². The molecule has 8 heteroatoms. The van der Waals surface area contributed by atoms with Crippen LogP contribution in [0.2, 0.25) is 0 Å². The summed E-state index contributed by atoms with van der Waals surface area (Å²) in [5.74, 6) is -0.175. The first-order valence-electron chi connectivity index (χ1n) is 9.31. The van der Waals surface area contributed by atoms with Gasteiger partial charge in [0.25, 0.3) is 11.5 Å². The topological polar surface area (TPSA) is 115 Å². The number of H-pyrrole nitrogens is 2. The number of amides is 2. The van der Waals surface area contributed by atoms with E-state index in [4.69, 9.17) is 0 Å². The SMILES string of the molecule is CNC(=O)c1ccc(CN(C(=O)CCc2c(C)[nH]c(=O)[nH]c2=O)C2CC2)cc1. The number of nitrogens with zero attached hydrogens (tertiary/aromatic N) is 1. The number of carbonyl (C=O) groups excluding carboxylic acids is 2. The lowest BCUT2D eigenvalue weighted by molar-refractivity contribution is -0.132. The molecular formula is C20H24N4O4. The molecule has 3 rings (SSSR count). The Bertz CT molecular complexity index is 987. The standard InChI is InChI=1S/C20H24N4O4/c1-12-16(19(27)23-20(28)22-12)9-10-17(25)24(15-7-8-15)11-13-3-5-14(6-4-13)18(26)21-2/h3-6,15H,7-11H2,1-2H3,(H,21,26)(H2,22,23,27,28). The Morgan fingerprint density at radius 2 is 1.82 bits per heavy atom. The Morgan fingerprint density at radius 1 is 1.14 bits per heavy atom. The summed E-state index contributed by atoms with van der Waals surface area (Å²) >= 11 is 0. The number of hydrogen-bond donors (Lipinski definition) is 3. The van der Waals surface area contributed by atoms with Crippen molar-refractivity contribution >= 4 is 11.8 Å². The largest absolute Gasteiger partial charge is 0.355 e. The van der Waals surface area contributed by atoms with Gasteiger partial charge in [-0.2, -0.15) is 0 Å². The van der Waals surface area contributed by atoms with Crippen LogP contribution in [-0.4, -0.2) is 39.8 Å². The molecule has 0 unspecified atom stereocenters. The number of aromatic amines is 2. The van der Waals surface area contributed by atoms with E-state index in [9.17, 15) is 19.2 Å². The average molecular weight is 384 g/mol. The van der Waals surface area contributed by atoms with Gasteiger partial charge in [-0.05, 0) is 43.9 Å². The Labute approximate surface area is 162 Å². The first-order chi connectivity index (χ1) is 13.4. The van der Waals surface area contributed by atoms with Crippen LogP contribution in [0.1, 0.15) is 46.4 Å². The molecule has 8 nitrogen and oxygen atoms in total. The second-order valence-electron chi connectivity index (χ2n) is 7.04. The van der Waals surface area contributed by atoms with E-state index in [-0.39, 0.29) is 30.7 Å². The van der Waals surface area contributed by atoms with Gasteiger partial charge in [-0.1, -0.05) is 12.1 Å². The lowest BCUT2D eigenvalue weighted by Gasteiger charge is -2.23. The van der Waals surface area contributed by atoms with Gasteiger partial charge in [-0.15, -0.1) is 0 Å². The summed E-state index contributed by atoms with van der Waals surface area (Å²) in [6.45, 7) is 2.13. The molecule has 0 spiro atoms. The zero-order valence-electron chi connectivity index (χ0n) is 16.0. The van der Waals surface area contributed by atoms with E-state index in [2.05, 4.69) is 15.3 Å². The molecule has 0 bridgehead atoms. The van der Waals surface area contributed by atoms with E-state index in [0.29, 0.717) is 23.4 Å². The Balaban J connectivity index is 1.67. The van der Waals surface area contributed by atoms with Gasteiger partial charge in [-0.25, -0.2) is 4.79 Å². The monoisotopic (exact) mass is 384 g/mol. The highest BCUT2D eigenvalue weighted by Gasteiger charge is 2.32. The lowest BCUT2D eigenvalue weighted by Crippen LogP contribution is -2.34. The van der Waals surface area contributed by atoms with Crippen molar-refractivity contribution in [3.05, 3.63) is 67.5 Å². The van der Waals surface area contributed by atoms with Gasteiger partial charge >= 0.3 is 5.69 Å². The number of aromatic nitrogens is 2. The maximum absolute atomic E-state index is 12.8. The van der Waals surface area contributed by atoms with Crippen LogP contribution in [0.15, 0.2) is 33.9 Å². The number of rotatable bonds is 7. The van der Waals surface area contributed by atoms with E-state index >= 15 is 0 Å². The van der Waals surface area contributed by atoms with Gasteiger partial charge in [0.2, 0.25) is 5.91 Å². The second-order valence-corrected chi connectivity index (χ2v) is 7.04. The number of aryl methyl sites for hydroxylation is 1. The summed E-state index contributed by atoms with van der Waals surface area (Å²) < 4.78 is 0. The van der Waals surface area contributed by atoms with Crippen LogP contribution >= 0.6 is 0 Å². The summed E-state index contributed by atoms with van der Waals surface area (Å²) in [7, 11) is 1.58. The van der Waals surface area contributed by atoms with Crippen LogP contribution in [0.4, 0.5) is 0 Å². The quantitative estimate of drug-likeness (QED) is 0.656. The third kappa shape index (κ3) is 4.57. The Kier molecular flexibility index (Phi) is 5.77. The van der Waals surface area contributed by atoms with Crippen LogP contribution in [0.25, 0.3) is 0 Å². The van der Waals surface area contributed by atoms with Crippen molar-refractivity contribution < 1.29 is 9.59 Å². The van der Waals surface area contributed by atoms with Gasteiger partial charge in [0.05, 0.1) is 0 Å². The minimum absolute atomic E-state index is 0.0251. The summed E-state index contributed by atoms with van der Waals surface area (Å²) in [6, 6.07) is 7.41. The molecule has 0 aliphatic heterocycles. The normalized spacial score (nSPS) is 13.2. The summed E-state index contributed by atoms with van der Waals surface area (Å²) in [5, 5.41) is 2.58. The smallest absolute Gasteiger partial charge is 0.325 e. The van der Waals surface area contributed by atoms with E-state index in [1.165, 1.54) is 0 Å². The maximum Gasteiger partial charge on any atom is 0.325 e. The van der Waals surface area contributed by atoms with Gasteiger partial charge < -0.3 is 15.2 Å². The van der Waals surface area contributed by atoms with E-state index in [0.717, 1.165) is 18.4 Å². The summed E-state index contributed by atoms with van der Waals surface area (Å²) in [4.78, 5) is 54.3. The van der Waals surface area contributed by atoms with Gasteiger partial charge in [0.1, 0.15) is 0 Å². The molecule has 28 heavy (non-hydrogen) atoms. The molecule has 0 saturated heterocycles. The molecule has 1 aromatic heterocycles. The van der Waals surface area contributed by atoms with Crippen molar-refractivity contribution in [2.75, 3.05) is 7.05 Å². The van der Waals surface area contributed by atoms with Crippen LogP contribution in [0.5, 0.6) is 0 Å². The summed E-state index contributed by atoms with van der Waals surface area (Å²) in [6.07, 6.45) is 2.42. The first kappa shape index (κ1) is 19.6.